The zero-order chi connectivity index (χ0) is 21.8. The first-order chi connectivity index (χ1) is 15.1. The highest BCUT2D eigenvalue weighted by Crippen LogP contribution is 2.27. The third kappa shape index (κ3) is 4.22. The maximum Gasteiger partial charge on any atom is 0.255 e. The van der Waals surface area contributed by atoms with Crippen LogP contribution in [0, 0.1) is 5.82 Å². The molecule has 0 aliphatic heterocycles. The summed E-state index contributed by atoms with van der Waals surface area (Å²) >= 11 is 0. The van der Waals surface area contributed by atoms with E-state index in [1.807, 2.05) is 6.92 Å². The van der Waals surface area contributed by atoms with Gasteiger partial charge in [0.15, 0.2) is 5.76 Å². The Morgan fingerprint density at radius 2 is 2.10 bits per heavy atom. The van der Waals surface area contributed by atoms with Crippen LogP contribution in [0.4, 0.5) is 4.39 Å². The van der Waals surface area contributed by atoms with Crippen LogP contribution in [0.2, 0.25) is 0 Å². The van der Waals surface area contributed by atoms with Gasteiger partial charge >= 0.3 is 0 Å². The molecule has 3 heterocycles. The van der Waals surface area contributed by atoms with Crippen molar-refractivity contribution in [2.24, 2.45) is 0 Å². The van der Waals surface area contributed by atoms with Gasteiger partial charge in [-0.05, 0) is 36.8 Å². The van der Waals surface area contributed by atoms with Crippen LogP contribution in [-0.4, -0.2) is 43.4 Å². The number of nitrogens with zero attached hydrogens (tertiary/aromatic N) is 4. The van der Waals surface area contributed by atoms with E-state index in [1.54, 1.807) is 36.4 Å². The van der Waals surface area contributed by atoms with Crippen molar-refractivity contribution in [3.05, 3.63) is 72.5 Å². The van der Waals surface area contributed by atoms with Crippen molar-refractivity contribution in [3.63, 3.8) is 0 Å². The Kier molecular flexibility index (Phi) is 5.85. The monoisotopic (exact) mass is 421 g/mol. The summed E-state index contributed by atoms with van der Waals surface area (Å²) in [5.74, 6) is -0.290. The van der Waals surface area contributed by atoms with Crippen molar-refractivity contribution in [2.75, 3.05) is 6.54 Å². The van der Waals surface area contributed by atoms with E-state index >= 15 is 0 Å². The first kappa shape index (κ1) is 20.4. The summed E-state index contributed by atoms with van der Waals surface area (Å²) in [6, 6.07) is 11.3. The Morgan fingerprint density at radius 1 is 1.26 bits per heavy atom. The van der Waals surface area contributed by atoms with Crippen molar-refractivity contribution >= 4 is 5.91 Å². The van der Waals surface area contributed by atoms with E-state index in [2.05, 4.69) is 20.4 Å². The Balaban J connectivity index is 1.76. The second-order valence-corrected chi connectivity index (χ2v) is 6.79. The van der Waals surface area contributed by atoms with Crippen molar-refractivity contribution < 1.29 is 18.7 Å². The predicted molar refractivity (Wildman–Crippen MR) is 111 cm³/mol. The van der Waals surface area contributed by atoms with Crippen molar-refractivity contribution in [3.8, 4) is 28.7 Å². The number of nitrogens with one attached hydrogen (secondary N) is 1. The molecule has 0 fully saturated rings. The fourth-order valence-electron chi connectivity index (χ4n) is 3.04. The van der Waals surface area contributed by atoms with E-state index in [9.17, 15) is 14.3 Å². The standard InChI is InChI=1S/C22H20FN5O3/c1-2-14(29)12-25-21(30)16-13-26-28(20(16)19-8-5-11-31-19)22-24-10-9-18(27-22)15-6-3-4-7-17(15)23/h3-11,13-14,29H,2,12H2,1H3,(H,25,30). The molecule has 2 N–H and O–H groups in total. The molecule has 1 atom stereocenters. The lowest BCUT2D eigenvalue weighted by Crippen LogP contribution is -2.31. The van der Waals surface area contributed by atoms with Crippen molar-refractivity contribution in [1.82, 2.24) is 25.1 Å². The molecule has 0 aliphatic carbocycles. The molecule has 1 amide bonds. The SMILES string of the molecule is CCC(O)CNC(=O)c1cnn(-c2nccc(-c3ccccc3F)n2)c1-c1ccco1. The van der Waals surface area contributed by atoms with Crippen molar-refractivity contribution in [1.29, 1.82) is 0 Å². The van der Waals surface area contributed by atoms with Gasteiger partial charge in [0, 0.05) is 18.3 Å². The van der Waals surface area contributed by atoms with Gasteiger partial charge < -0.3 is 14.8 Å². The number of benzene rings is 1. The molecule has 0 saturated carbocycles. The van der Waals surface area contributed by atoms with E-state index in [0.717, 1.165) is 0 Å². The molecule has 0 aliphatic rings. The number of aromatic nitrogens is 4. The van der Waals surface area contributed by atoms with Crippen LogP contribution in [0.25, 0.3) is 28.7 Å². The number of hydrogen-bond donors (Lipinski definition) is 2. The number of carbonyl (C=O) groups is 1. The predicted octanol–water partition coefficient (Wildman–Crippen LogP) is 3.23. The van der Waals surface area contributed by atoms with Gasteiger partial charge in [0.25, 0.3) is 11.9 Å². The molecule has 1 aromatic carbocycles. The van der Waals surface area contributed by atoms with Gasteiger partial charge in [-0.2, -0.15) is 9.78 Å². The largest absolute Gasteiger partial charge is 0.463 e. The van der Waals surface area contributed by atoms with Gasteiger partial charge in [-0.25, -0.2) is 14.4 Å². The molecule has 4 aromatic rings. The van der Waals surface area contributed by atoms with E-state index < -0.39 is 17.8 Å². The summed E-state index contributed by atoms with van der Waals surface area (Å²) in [6.07, 6.45) is 4.22. The number of aliphatic hydroxyl groups is 1. The van der Waals surface area contributed by atoms with Crippen LogP contribution in [0.5, 0.6) is 0 Å². The average Bonchev–Trinajstić information content (AvgIpc) is 3.47. The van der Waals surface area contributed by atoms with Crippen LogP contribution < -0.4 is 5.32 Å². The van der Waals surface area contributed by atoms with E-state index in [1.165, 1.54) is 29.4 Å². The molecule has 8 nitrogen and oxygen atoms in total. The molecule has 9 heteroatoms. The molecular formula is C22H20FN5O3. The highest BCUT2D eigenvalue weighted by atomic mass is 19.1. The number of hydrogen-bond acceptors (Lipinski definition) is 6. The van der Waals surface area contributed by atoms with Crippen molar-refractivity contribution in [2.45, 2.75) is 19.4 Å². The molecule has 158 valence electrons. The molecule has 0 saturated heterocycles. The van der Waals surface area contributed by atoms with Gasteiger partial charge in [-0.1, -0.05) is 19.1 Å². The lowest BCUT2D eigenvalue weighted by molar-refractivity contribution is 0.0914. The van der Waals surface area contributed by atoms with Gasteiger partial charge in [-0.15, -0.1) is 0 Å². The quantitative estimate of drug-likeness (QED) is 0.475. The highest BCUT2D eigenvalue weighted by molar-refractivity contribution is 5.99. The lowest BCUT2D eigenvalue weighted by Gasteiger charge is -2.10. The number of furan rings is 1. The normalized spacial score (nSPS) is 12.0. The number of halogens is 1. The van der Waals surface area contributed by atoms with Gasteiger partial charge in [0.1, 0.15) is 11.5 Å². The molecular weight excluding hydrogens is 401 g/mol. The third-order valence-corrected chi connectivity index (χ3v) is 4.72. The number of rotatable bonds is 7. The molecule has 31 heavy (non-hydrogen) atoms. The highest BCUT2D eigenvalue weighted by Gasteiger charge is 2.23. The molecule has 4 rings (SSSR count). The van der Waals surface area contributed by atoms with Gasteiger partial charge in [-0.3, -0.25) is 4.79 Å². The topological polar surface area (TPSA) is 106 Å². The maximum absolute atomic E-state index is 14.2. The smallest absolute Gasteiger partial charge is 0.255 e. The average molecular weight is 421 g/mol. The van der Waals surface area contributed by atoms with Crippen LogP contribution >= 0.6 is 0 Å². The molecule has 0 bridgehead atoms. The summed E-state index contributed by atoms with van der Waals surface area (Å²) in [5, 5.41) is 16.7. The second kappa shape index (κ2) is 8.88. The molecule has 3 aromatic heterocycles. The summed E-state index contributed by atoms with van der Waals surface area (Å²) in [5.41, 5.74) is 1.28. The fraction of sp³-hybridized carbons (Fsp3) is 0.182. The van der Waals surface area contributed by atoms with Gasteiger partial charge in [0.2, 0.25) is 0 Å². The second-order valence-electron chi connectivity index (χ2n) is 6.79. The Bertz CT molecular complexity index is 1190. The molecule has 0 spiro atoms. The maximum atomic E-state index is 14.2. The Hall–Kier alpha value is -3.85. The first-order valence-electron chi connectivity index (χ1n) is 9.75. The van der Waals surface area contributed by atoms with Gasteiger partial charge in [0.05, 0.1) is 29.8 Å². The van der Waals surface area contributed by atoms with Crippen LogP contribution in [0.1, 0.15) is 23.7 Å². The fourth-order valence-corrected chi connectivity index (χ4v) is 3.04. The Morgan fingerprint density at radius 3 is 2.84 bits per heavy atom. The minimum absolute atomic E-state index is 0.109. The van der Waals surface area contributed by atoms with Crippen LogP contribution in [0.3, 0.4) is 0 Å². The zero-order valence-electron chi connectivity index (χ0n) is 16.7. The van der Waals surface area contributed by atoms with Crippen LogP contribution in [-0.2, 0) is 0 Å². The van der Waals surface area contributed by atoms with Crippen LogP contribution in [0.15, 0.2) is 65.5 Å². The summed E-state index contributed by atoms with van der Waals surface area (Å²) in [6.45, 7) is 1.93. The minimum atomic E-state index is -0.646. The number of amides is 1. The minimum Gasteiger partial charge on any atom is -0.463 e. The third-order valence-electron chi connectivity index (χ3n) is 4.72. The lowest BCUT2D eigenvalue weighted by atomic mass is 10.1. The number of aliphatic hydroxyl groups excluding tert-OH is 1. The molecule has 1 unspecified atom stereocenters. The van der Waals surface area contributed by atoms with E-state index in [4.69, 9.17) is 4.42 Å². The van der Waals surface area contributed by atoms with E-state index in [-0.39, 0.29) is 18.1 Å². The summed E-state index contributed by atoms with van der Waals surface area (Å²) in [7, 11) is 0. The zero-order valence-corrected chi connectivity index (χ0v) is 16.7. The van der Waals surface area contributed by atoms with E-state index in [0.29, 0.717) is 29.1 Å². The Labute approximate surface area is 177 Å². The summed E-state index contributed by atoms with van der Waals surface area (Å²) in [4.78, 5) is 21.4. The number of carbonyl (C=O) groups excluding carboxylic acids is 1. The summed E-state index contributed by atoms with van der Waals surface area (Å²) < 4.78 is 21.1. The first-order valence-corrected chi connectivity index (χ1v) is 9.75. The molecule has 0 radical (unpaired) electrons.